The number of phosphoric acid groups is 1. The fourth-order valence-corrected chi connectivity index (χ4v) is 11.6. The molecule has 0 radical (unpaired) electrons. The van der Waals surface area contributed by atoms with Crippen LogP contribution in [0.4, 0.5) is 0 Å². The van der Waals surface area contributed by atoms with E-state index in [1.807, 2.05) is 27.2 Å². The van der Waals surface area contributed by atoms with Crippen molar-refractivity contribution >= 4 is 13.7 Å². The lowest BCUT2D eigenvalue weighted by atomic mass is 10.0. The van der Waals surface area contributed by atoms with Gasteiger partial charge in [-0.15, -0.1) is 0 Å². The summed E-state index contributed by atoms with van der Waals surface area (Å²) in [4.78, 5) is 25.6. The average molecular weight is 1170 g/mol. The number of aliphatic hydroxyl groups excluding tert-OH is 1. The van der Waals surface area contributed by atoms with Gasteiger partial charge in [0.1, 0.15) is 13.2 Å². The number of unbranched alkanes of at least 4 members (excludes halogenated alkanes) is 48. The van der Waals surface area contributed by atoms with E-state index in [0.717, 1.165) is 44.9 Å². The Morgan fingerprint density at radius 2 is 0.720 bits per heavy atom. The van der Waals surface area contributed by atoms with Gasteiger partial charge in [0.25, 0.3) is 7.82 Å². The molecule has 0 aromatic heterocycles. The number of rotatable bonds is 67. The van der Waals surface area contributed by atoms with Crippen molar-refractivity contribution in [2.75, 3.05) is 40.9 Å². The van der Waals surface area contributed by atoms with Crippen LogP contribution >= 0.6 is 7.82 Å². The van der Waals surface area contributed by atoms with Gasteiger partial charge in [0.15, 0.2) is 0 Å². The number of quaternary nitrogens is 1. The molecule has 0 saturated heterocycles. The quantitative estimate of drug-likeness (QED) is 0.0272. The molecule has 0 fully saturated rings. The third kappa shape index (κ3) is 66.0. The van der Waals surface area contributed by atoms with Crippen LogP contribution in [0.25, 0.3) is 0 Å². The minimum absolute atomic E-state index is 0.00510. The molecule has 0 heterocycles. The van der Waals surface area contributed by atoms with E-state index in [4.69, 9.17) is 9.05 Å². The van der Waals surface area contributed by atoms with E-state index >= 15 is 0 Å². The van der Waals surface area contributed by atoms with Crippen LogP contribution in [-0.4, -0.2) is 68.5 Å². The van der Waals surface area contributed by atoms with E-state index < -0.39 is 20.0 Å². The van der Waals surface area contributed by atoms with Gasteiger partial charge in [-0.25, -0.2) is 0 Å². The first kappa shape index (κ1) is 80.5. The fraction of sp³-hybridized carbons (Fsp3) is 0.877. The van der Waals surface area contributed by atoms with Gasteiger partial charge in [-0.3, -0.25) is 9.36 Å². The van der Waals surface area contributed by atoms with Gasteiger partial charge in [-0.2, -0.15) is 0 Å². The summed E-state index contributed by atoms with van der Waals surface area (Å²) in [5.41, 5.74) is 0. The summed E-state index contributed by atoms with van der Waals surface area (Å²) in [6, 6.07) is -0.904. The maximum Gasteiger partial charge on any atom is 0.268 e. The number of nitrogens with zero attached hydrogens (tertiary/aromatic N) is 1. The second kappa shape index (κ2) is 63.9. The lowest BCUT2D eigenvalue weighted by Crippen LogP contribution is -2.45. The normalized spacial score (nSPS) is 13.9. The van der Waals surface area contributed by atoms with Gasteiger partial charge >= 0.3 is 0 Å². The Labute approximate surface area is 511 Å². The molecular formula is C73H141N2O6P. The summed E-state index contributed by atoms with van der Waals surface area (Å²) < 4.78 is 23.5. The molecule has 0 rings (SSSR count). The monoisotopic (exact) mass is 1170 g/mol. The van der Waals surface area contributed by atoms with E-state index in [1.54, 1.807) is 6.08 Å². The molecule has 0 spiro atoms. The van der Waals surface area contributed by atoms with E-state index in [2.05, 4.69) is 55.6 Å². The van der Waals surface area contributed by atoms with Crippen LogP contribution < -0.4 is 10.2 Å². The summed E-state index contributed by atoms with van der Waals surface area (Å²) >= 11 is 0. The Kier molecular flexibility index (Phi) is 62.7. The zero-order chi connectivity index (χ0) is 59.8. The zero-order valence-electron chi connectivity index (χ0n) is 55.5. The molecular weight excluding hydrogens is 1030 g/mol. The Morgan fingerprint density at radius 1 is 0.427 bits per heavy atom. The van der Waals surface area contributed by atoms with Crippen LogP contribution in [0.2, 0.25) is 0 Å². The molecule has 0 saturated carbocycles. The summed E-state index contributed by atoms with van der Waals surface area (Å²) in [5.74, 6) is -0.200. The number of nitrogens with one attached hydrogen (secondary N) is 1. The van der Waals surface area contributed by atoms with Crippen LogP contribution in [0.3, 0.4) is 0 Å². The molecule has 0 bridgehead atoms. The minimum atomic E-state index is -4.61. The molecule has 0 aliphatic heterocycles. The maximum absolute atomic E-state index is 13.0. The first-order valence-corrected chi connectivity index (χ1v) is 37.5. The lowest BCUT2D eigenvalue weighted by molar-refractivity contribution is -0.870. The van der Waals surface area contributed by atoms with Gasteiger partial charge in [-0.05, 0) is 64.2 Å². The number of aliphatic hydroxyl groups is 1. The molecule has 0 aromatic carbocycles. The number of hydrogen-bond acceptors (Lipinski definition) is 6. The molecule has 2 N–H and O–H groups in total. The summed E-state index contributed by atoms with van der Waals surface area (Å²) in [7, 11) is 1.26. The van der Waals surface area contributed by atoms with E-state index in [9.17, 15) is 19.4 Å². The Balaban J connectivity index is 4.05. The van der Waals surface area contributed by atoms with Gasteiger partial charge < -0.3 is 28.8 Å². The number of phosphoric ester groups is 1. The van der Waals surface area contributed by atoms with Crippen molar-refractivity contribution in [2.45, 2.75) is 373 Å². The van der Waals surface area contributed by atoms with Crippen LogP contribution in [-0.2, 0) is 18.4 Å². The largest absolute Gasteiger partial charge is 0.756 e. The topological polar surface area (TPSA) is 108 Å². The summed E-state index contributed by atoms with van der Waals surface area (Å²) in [6.45, 7) is 4.67. The number of carbonyl (C=O) groups is 1. The molecule has 0 aliphatic carbocycles. The molecule has 82 heavy (non-hydrogen) atoms. The van der Waals surface area contributed by atoms with Crippen LogP contribution in [0.1, 0.15) is 361 Å². The highest BCUT2D eigenvalue weighted by atomic mass is 31.2. The number of hydrogen-bond donors (Lipinski definition) is 2. The number of likely N-dealkylation sites (N-methyl/N-ethyl adjacent to an activating group) is 1. The average Bonchev–Trinajstić information content (AvgIpc) is 3.47. The summed E-state index contributed by atoms with van der Waals surface area (Å²) in [5, 5.41) is 14.0. The highest BCUT2D eigenvalue weighted by Gasteiger charge is 2.23. The molecule has 0 aromatic rings. The minimum Gasteiger partial charge on any atom is -0.756 e. The van der Waals surface area contributed by atoms with E-state index in [0.29, 0.717) is 17.4 Å². The van der Waals surface area contributed by atoms with Crippen molar-refractivity contribution < 1.29 is 32.9 Å². The Morgan fingerprint density at radius 3 is 1.06 bits per heavy atom. The Hall–Kier alpha value is -1.54. The standard InChI is InChI=1S/C73H141N2O6P/c1-6-8-10-12-14-16-18-20-22-24-26-28-30-32-34-35-36-37-38-39-41-43-45-47-49-51-53-55-57-59-61-63-65-67-73(77)74-71(70-81-82(78,79)80-69-68-75(3,4)5)72(76)66-64-62-60-58-56-54-52-50-48-46-44-42-40-33-31-29-27-25-23-21-19-17-15-13-11-9-7-2/h18,20,24,26,56,58,64,66,71-72,76H,6-17,19,21-23,25,27-55,57,59-63,65,67-70H2,1-5H3,(H-,74,77,78,79)/b20-18-,26-24-,58-56+,66-64+. The van der Waals surface area contributed by atoms with Gasteiger partial charge in [0, 0.05) is 6.42 Å². The van der Waals surface area contributed by atoms with Crippen LogP contribution in [0.5, 0.6) is 0 Å². The third-order valence-corrected chi connectivity index (χ3v) is 17.5. The second-order valence-corrected chi connectivity index (χ2v) is 27.3. The number of carbonyl (C=O) groups excluding carboxylic acids is 1. The predicted molar refractivity (Wildman–Crippen MR) is 358 cm³/mol. The molecule has 3 atom stereocenters. The van der Waals surface area contributed by atoms with Gasteiger partial charge in [0.2, 0.25) is 5.91 Å². The first-order chi connectivity index (χ1) is 40.0. The first-order valence-electron chi connectivity index (χ1n) is 36.0. The van der Waals surface area contributed by atoms with Crippen molar-refractivity contribution in [3.63, 3.8) is 0 Å². The van der Waals surface area contributed by atoms with Crippen molar-refractivity contribution in [3.8, 4) is 0 Å². The highest BCUT2D eigenvalue weighted by molar-refractivity contribution is 7.45. The van der Waals surface area contributed by atoms with Gasteiger partial charge in [-0.1, -0.05) is 339 Å². The van der Waals surface area contributed by atoms with Crippen LogP contribution in [0, 0.1) is 0 Å². The van der Waals surface area contributed by atoms with Crippen molar-refractivity contribution in [3.05, 3.63) is 48.6 Å². The molecule has 9 heteroatoms. The van der Waals surface area contributed by atoms with E-state index in [1.165, 1.54) is 295 Å². The van der Waals surface area contributed by atoms with E-state index in [-0.39, 0.29) is 19.1 Å². The molecule has 8 nitrogen and oxygen atoms in total. The van der Waals surface area contributed by atoms with Crippen molar-refractivity contribution in [2.24, 2.45) is 0 Å². The number of allylic oxidation sites excluding steroid dienone is 7. The lowest BCUT2D eigenvalue weighted by Gasteiger charge is -2.29. The maximum atomic E-state index is 13.0. The van der Waals surface area contributed by atoms with Crippen molar-refractivity contribution in [1.82, 2.24) is 5.32 Å². The number of amides is 1. The summed E-state index contributed by atoms with van der Waals surface area (Å²) in [6.07, 6.45) is 86.8. The Bertz CT molecular complexity index is 1480. The molecule has 0 aliphatic rings. The van der Waals surface area contributed by atoms with Gasteiger partial charge in [0.05, 0.1) is 39.9 Å². The predicted octanol–water partition coefficient (Wildman–Crippen LogP) is 22.4. The highest BCUT2D eigenvalue weighted by Crippen LogP contribution is 2.38. The van der Waals surface area contributed by atoms with Crippen LogP contribution in [0.15, 0.2) is 48.6 Å². The molecule has 3 unspecified atom stereocenters. The fourth-order valence-electron chi connectivity index (χ4n) is 10.9. The van der Waals surface area contributed by atoms with Crippen molar-refractivity contribution in [1.29, 1.82) is 0 Å². The second-order valence-electron chi connectivity index (χ2n) is 25.9. The SMILES string of the molecule is CCCCCCC/C=C\C/C=C\CCCCCCCCCCCCCCCCCCCCCCCC(=O)NC(COP(=O)([O-])OCC[N+](C)(C)C)C(O)/C=C/CC/C=C/CCCCCCCCCCCCCCCCCCCCCCC. The third-order valence-electron chi connectivity index (χ3n) is 16.5. The smallest absolute Gasteiger partial charge is 0.268 e. The molecule has 484 valence electrons. The molecule has 1 amide bonds. The zero-order valence-corrected chi connectivity index (χ0v) is 56.4.